The zero-order chi connectivity index (χ0) is 11.7. The molecule has 0 fully saturated rings. The first-order valence-corrected chi connectivity index (χ1v) is 6.70. The van der Waals surface area contributed by atoms with Crippen LogP contribution in [0.4, 0.5) is 0 Å². The molecular formula is C10H6BrCl2NOS. The van der Waals surface area contributed by atoms with Crippen LogP contribution in [0.25, 0.3) is 10.6 Å². The lowest BCUT2D eigenvalue weighted by Crippen LogP contribution is -1.84. The number of thiazole rings is 1. The first-order valence-electron chi connectivity index (χ1n) is 4.33. The highest BCUT2D eigenvalue weighted by molar-refractivity contribution is 9.11. The molecule has 0 aliphatic carbocycles. The number of aliphatic hydroxyl groups excluding tert-OH is 1. The van der Waals surface area contributed by atoms with Crippen molar-refractivity contribution in [3.63, 3.8) is 0 Å². The molecule has 2 rings (SSSR count). The molecule has 0 bridgehead atoms. The monoisotopic (exact) mass is 337 g/mol. The summed E-state index contributed by atoms with van der Waals surface area (Å²) in [6.07, 6.45) is 0. The van der Waals surface area contributed by atoms with Crippen molar-refractivity contribution in [1.82, 2.24) is 4.98 Å². The standard InChI is InChI=1S/C10H6BrCl2NOS/c11-9-8(4-15)14-10(16-9)5-1-2-6(12)7(13)3-5/h1-3,15H,4H2. The average molecular weight is 339 g/mol. The van der Waals surface area contributed by atoms with Crippen molar-refractivity contribution in [3.8, 4) is 10.6 Å². The van der Waals surface area contributed by atoms with Crippen molar-refractivity contribution < 1.29 is 5.11 Å². The smallest absolute Gasteiger partial charge is 0.124 e. The summed E-state index contributed by atoms with van der Waals surface area (Å²) in [6, 6.07) is 5.34. The Balaban J connectivity index is 2.46. The molecule has 0 atom stereocenters. The Labute approximate surface area is 115 Å². The van der Waals surface area contributed by atoms with Crippen LogP contribution < -0.4 is 0 Å². The van der Waals surface area contributed by atoms with E-state index in [1.54, 1.807) is 12.1 Å². The van der Waals surface area contributed by atoms with Gasteiger partial charge in [0.2, 0.25) is 0 Å². The van der Waals surface area contributed by atoms with E-state index in [4.69, 9.17) is 28.3 Å². The van der Waals surface area contributed by atoms with Crippen LogP contribution in [-0.2, 0) is 6.61 Å². The molecule has 1 aromatic heterocycles. The van der Waals surface area contributed by atoms with Gasteiger partial charge in [-0.1, -0.05) is 29.3 Å². The second kappa shape index (κ2) is 5.02. The van der Waals surface area contributed by atoms with Crippen LogP contribution >= 0.6 is 50.5 Å². The van der Waals surface area contributed by atoms with Gasteiger partial charge in [0.15, 0.2) is 0 Å². The molecule has 84 valence electrons. The van der Waals surface area contributed by atoms with Gasteiger partial charge in [0.05, 0.1) is 26.1 Å². The number of aromatic nitrogens is 1. The zero-order valence-corrected chi connectivity index (χ0v) is 11.8. The van der Waals surface area contributed by atoms with Crippen molar-refractivity contribution in [2.45, 2.75) is 6.61 Å². The maximum atomic E-state index is 9.04. The Morgan fingerprint density at radius 1 is 1.31 bits per heavy atom. The number of benzene rings is 1. The third kappa shape index (κ3) is 2.41. The summed E-state index contributed by atoms with van der Waals surface area (Å²) in [4.78, 5) is 4.29. The summed E-state index contributed by atoms with van der Waals surface area (Å²) < 4.78 is 0.830. The van der Waals surface area contributed by atoms with E-state index >= 15 is 0 Å². The van der Waals surface area contributed by atoms with Gasteiger partial charge in [-0.25, -0.2) is 4.98 Å². The number of rotatable bonds is 2. The van der Waals surface area contributed by atoms with E-state index in [0.29, 0.717) is 15.7 Å². The second-order valence-electron chi connectivity index (χ2n) is 3.03. The van der Waals surface area contributed by atoms with Crippen LogP contribution in [0.3, 0.4) is 0 Å². The zero-order valence-electron chi connectivity index (χ0n) is 7.88. The molecule has 0 saturated carbocycles. The fourth-order valence-electron chi connectivity index (χ4n) is 1.18. The molecular weight excluding hydrogens is 333 g/mol. The minimum absolute atomic E-state index is 0.0849. The summed E-state index contributed by atoms with van der Waals surface area (Å²) in [5, 5.41) is 10.9. The Hall–Kier alpha value is -0.130. The molecule has 0 unspecified atom stereocenters. The van der Waals surface area contributed by atoms with E-state index in [1.807, 2.05) is 6.07 Å². The normalized spacial score (nSPS) is 10.8. The Bertz CT molecular complexity index is 530. The molecule has 0 spiro atoms. The van der Waals surface area contributed by atoms with E-state index in [2.05, 4.69) is 20.9 Å². The Morgan fingerprint density at radius 2 is 2.06 bits per heavy atom. The van der Waals surface area contributed by atoms with Crippen molar-refractivity contribution >= 4 is 50.5 Å². The second-order valence-corrected chi connectivity index (χ2v) is 6.16. The van der Waals surface area contributed by atoms with Crippen LogP contribution in [0.5, 0.6) is 0 Å². The van der Waals surface area contributed by atoms with Gasteiger partial charge in [0.1, 0.15) is 5.01 Å². The third-order valence-corrected chi connectivity index (χ3v) is 4.58. The lowest BCUT2D eigenvalue weighted by atomic mass is 10.2. The molecule has 1 N–H and O–H groups in total. The minimum Gasteiger partial charge on any atom is -0.390 e. The molecule has 0 aliphatic heterocycles. The summed E-state index contributed by atoms with van der Waals surface area (Å²) in [7, 11) is 0. The molecule has 2 aromatic rings. The van der Waals surface area contributed by atoms with Gasteiger partial charge in [-0.15, -0.1) is 11.3 Å². The molecule has 1 aromatic carbocycles. The SMILES string of the molecule is OCc1nc(-c2ccc(Cl)c(Cl)c2)sc1Br. The Morgan fingerprint density at radius 3 is 2.62 bits per heavy atom. The van der Waals surface area contributed by atoms with Crippen molar-refractivity contribution in [3.05, 3.63) is 37.7 Å². The van der Waals surface area contributed by atoms with Crippen LogP contribution in [-0.4, -0.2) is 10.1 Å². The summed E-state index contributed by atoms with van der Waals surface area (Å²) in [5.74, 6) is 0. The van der Waals surface area contributed by atoms with Gasteiger partial charge in [0, 0.05) is 5.56 Å². The van der Waals surface area contributed by atoms with E-state index in [1.165, 1.54) is 11.3 Å². The number of nitrogens with zero attached hydrogens (tertiary/aromatic N) is 1. The summed E-state index contributed by atoms with van der Waals surface area (Å²) in [6.45, 7) is -0.0849. The minimum atomic E-state index is -0.0849. The average Bonchev–Trinajstić information content (AvgIpc) is 2.64. The van der Waals surface area contributed by atoms with Crippen LogP contribution in [0.1, 0.15) is 5.69 Å². The quantitative estimate of drug-likeness (QED) is 0.881. The molecule has 0 amide bonds. The first-order chi connectivity index (χ1) is 7.61. The fourth-order valence-corrected chi connectivity index (χ4v) is 2.95. The lowest BCUT2D eigenvalue weighted by Gasteiger charge is -1.98. The highest BCUT2D eigenvalue weighted by Crippen LogP contribution is 2.34. The predicted octanol–water partition coefficient (Wildman–Crippen LogP) is 4.37. The Kier molecular flexibility index (Phi) is 3.87. The van der Waals surface area contributed by atoms with Gasteiger partial charge in [0.25, 0.3) is 0 Å². The van der Waals surface area contributed by atoms with E-state index in [-0.39, 0.29) is 6.61 Å². The van der Waals surface area contributed by atoms with Crippen LogP contribution in [0, 0.1) is 0 Å². The molecule has 1 heterocycles. The third-order valence-electron chi connectivity index (χ3n) is 1.97. The van der Waals surface area contributed by atoms with Crippen LogP contribution in [0.2, 0.25) is 10.0 Å². The molecule has 6 heteroatoms. The van der Waals surface area contributed by atoms with Gasteiger partial charge in [-0.05, 0) is 28.1 Å². The molecule has 0 aliphatic rings. The maximum Gasteiger partial charge on any atom is 0.124 e. The summed E-state index contributed by atoms with van der Waals surface area (Å²) in [5.41, 5.74) is 1.52. The van der Waals surface area contributed by atoms with Crippen molar-refractivity contribution in [2.24, 2.45) is 0 Å². The highest BCUT2D eigenvalue weighted by Gasteiger charge is 2.10. The predicted molar refractivity (Wildman–Crippen MR) is 71.2 cm³/mol. The van der Waals surface area contributed by atoms with Gasteiger partial charge in [-0.3, -0.25) is 0 Å². The van der Waals surface area contributed by atoms with E-state index in [0.717, 1.165) is 14.4 Å². The topological polar surface area (TPSA) is 33.1 Å². The molecule has 16 heavy (non-hydrogen) atoms. The molecule has 0 saturated heterocycles. The fraction of sp³-hybridized carbons (Fsp3) is 0.100. The molecule has 0 radical (unpaired) electrons. The number of hydrogen-bond acceptors (Lipinski definition) is 3. The summed E-state index contributed by atoms with van der Waals surface area (Å²) >= 11 is 16.6. The first kappa shape index (κ1) is 12.3. The van der Waals surface area contributed by atoms with Crippen LogP contribution in [0.15, 0.2) is 22.0 Å². The van der Waals surface area contributed by atoms with E-state index in [9.17, 15) is 0 Å². The van der Waals surface area contributed by atoms with Crippen molar-refractivity contribution in [1.29, 1.82) is 0 Å². The molecule has 2 nitrogen and oxygen atoms in total. The largest absolute Gasteiger partial charge is 0.390 e. The van der Waals surface area contributed by atoms with Gasteiger partial charge >= 0.3 is 0 Å². The number of aliphatic hydroxyl groups is 1. The van der Waals surface area contributed by atoms with Gasteiger partial charge in [-0.2, -0.15) is 0 Å². The highest BCUT2D eigenvalue weighted by atomic mass is 79.9. The maximum absolute atomic E-state index is 9.04. The van der Waals surface area contributed by atoms with E-state index < -0.39 is 0 Å². The van der Waals surface area contributed by atoms with Crippen molar-refractivity contribution in [2.75, 3.05) is 0 Å². The number of halogens is 3. The lowest BCUT2D eigenvalue weighted by molar-refractivity contribution is 0.277. The number of hydrogen-bond donors (Lipinski definition) is 1. The van der Waals surface area contributed by atoms with Gasteiger partial charge < -0.3 is 5.11 Å².